The maximum atomic E-state index is 12.7. The molecule has 0 aromatic carbocycles. The number of carbonyl (C=O) groups excluding carboxylic acids is 1. The van der Waals surface area contributed by atoms with Crippen LogP contribution in [-0.2, 0) is 11.3 Å². The largest absolute Gasteiger partial charge is 0.340 e. The van der Waals surface area contributed by atoms with Crippen LogP contribution in [0.5, 0.6) is 0 Å². The number of carbonyl (C=O) groups is 1. The Balaban J connectivity index is 1.31. The van der Waals surface area contributed by atoms with E-state index in [2.05, 4.69) is 20.5 Å². The third-order valence-corrected chi connectivity index (χ3v) is 5.55. The Hall–Kier alpha value is -1.92. The van der Waals surface area contributed by atoms with Gasteiger partial charge in [-0.15, -0.1) is 0 Å². The molecule has 2 N–H and O–H groups in total. The number of fused-ring (bicyclic) bond motifs is 1. The second-order valence-corrected chi connectivity index (χ2v) is 7.42. The highest BCUT2D eigenvalue weighted by Gasteiger charge is 2.30. The first kappa shape index (κ1) is 16.5. The number of hydrogen-bond donors (Lipinski definition) is 1. The molecule has 2 fully saturated rings. The third kappa shape index (κ3) is 3.70. The molecule has 0 bridgehead atoms. The summed E-state index contributed by atoms with van der Waals surface area (Å²) in [5, 5.41) is 0. The van der Waals surface area contributed by atoms with Crippen molar-refractivity contribution in [3.05, 3.63) is 36.3 Å². The maximum absolute atomic E-state index is 12.7. The van der Waals surface area contributed by atoms with E-state index in [-0.39, 0.29) is 12.0 Å². The van der Waals surface area contributed by atoms with E-state index in [4.69, 9.17) is 5.73 Å². The number of nitrogens with two attached hydrogens (primary N) is 1. The Bertz CT molecular complexity index is 701. The van der Waals surface area contributed by atoms with Crippen LogP contribution in [0.15, 0.2) is 30.6 Å². The van der Waals surface area contributed by atoms with E-state index in [0.29, 0.717) is 5.91 Å². The number of aromatic nitrogens is 2. The fraction of sp³-hybridized carbons (Fsp3) is 0.579. The minimum Gasteiger partial charge on any atom is -0.340 e. The van der Waals surface area contributed by atoms with Crippen molar-refractivity contribution in [3.8, 4) is 0 Å². The van der Waals surface area contributed by atoms with Crippen molar-refractivity contribution in [1.29, 1.82) is 0 Å². The zero-order chi connectivity index (χ0) is 17.2. The van der Waals surface area contributed by atoms with Gasteiger partial charge < -0.3 is 15.0 Å². The summed E-state index contributed by atoms with van der Waals surface area (Å²) in [6.07, 6.45) is 8.14. The Labute approximate surface area is 148 Å². The summed E-state index contributed by atoms with van der Waals surface area (Å²) in [7, 11) is 0. The van der Waals surface area contributed by atoms with Crippen molar-refractivity contribution >= 4 is 11.6 Å². The number of piperazine rings is 1. The Kier molecular flexibility index (Phi) is 4.72. The van der Waals surface area contributed by atoms with Gasteiger partial charge in [-0.2, -0.15) is 0 Å². The van der Waals surface area contributed by atoms with Crippen LogP contribution in [0.4, 0.5) is 0 Å². The standard InChI is InChI=1S/C19H27N5O/c20-16-5-3-4-15(12-16)19(25)23-10-8-22(9-11-23)13-17-14-24-7-2-1-6-18(24)21-17/h1-2,6-7,14-16H,3-5,8-13,20H2/t15-,16-/m0/s1. The van der Waals surface area contributed by atoms with E-state index in [9.17, 15) is 4.79 Å². The van der Waals surface area contributed by atoms with E-state index in [1.165, 1.54) is 0 Å². The first-order valence-electron chi connectivity index (χ1n) is 9.38. The molecule has 2 aromatic heterocycles. The lowest BCUT2D eigenvalue weighted by Gasteiger charge is -2.37. The van der Waals surface area contributed by atoms with Gasteiger partial charge in [-0.3, -0.25) is 9.69 Å². The lowest BCUT2D eigenvalue weighted by Crippen LogP contribution is -2.51. The minimum atomic E-state index is 0.147. The number of nitrogens with zero attached hydrogens (tertiary/aromatic N) is 4. The van der Waals surface area contributed by atoms with E-state index in [0.717, 1.165) is 69.7 Å². The van der Waals surface area contributed by atoms with Gasteiger partial charge in [0.15, 0.2) is 0 Å². The van der Waals surface area contributed by atoms with Crippen molar-refractivity contribution in [2.75, 3.05) is 26.2 Å². The lowest BCUT2D eigenvalue weighted by molar-refractivity contribution is -0.138. The summed E-state index contributed by atoms with van der Waals surface area (Å²) in [5.74, 6) is 0.469. The molecular weight excluding hydrogens is 314 g/mol. The fourth-order valence-electron chi connectivity index (χ4n) is 4.13. The third-order valence-electron chi connectivity index (χ3n) is 5.55. The molecule has 1 saturated carbocycles. The van der Waals surface area contributed by atoms with Crippen molar-refractivity contribution in [1.82, 2.24) is 19.2 Å². The smallest absolute Gasteiger partial charge is 0.225 e. The van der Waals surface area contributed by atoms with Crippen molar-refractivity contribution in [3.63, 3.8) is 0 Å². The SMILES string of the molecule is N[C@H]1CCC[C@H](C(=O)N2CCN(Cc3cn4ccccc4n3)CC2)C1. The number of hydrogen-bond acceptors (Lipinski definition) is 4. The first-order chi connectivity index (χ1) is 12.2. The molecule has 4 rings (SSSR count). The highest BCUT2D eigenvalue weighted by atomic mass is 16.2. The van der Waals surface area contributed by atoms with Gasteiger partial charge >= 0.3 is 0 Å². The summed E-state index contributed by atoms with van der Waals surface area (Å²) < 4.78 is 2.06. The summed E-state index contributed by atoms with van der Waals surface area (Å²) in [5.41, 5.74) is 8.12. The van der Waals surface area contributed by atoms with Gasteiger partial charge in [-0.1, -0.05) is 12.5 Å². The fourth-order valence-corrected chi connectivity index (χ4v) is 4.13. The first-order valence-corrected chi connectivity index (χ1v) is 9.38. The van der Waals surface area contributed by atoms with E-state index < -0.39 is 0 Å². The molecule has 2 aromatic rings. The van der Waals surface area contributed by atoms with Crippen LogP contribution in [0, 0.1) is 5.92 Å². The summed E-state index contributed by atoms with van der Waals surface area (Å²) in [4.78, 5) is 21.8. The van der Waals surface area contributed by atoms with Crippen molar-refractivity contribution < 1.29 is 4.79 Å². The van der Waals surface area contributed by atoms with Crippen LogP contribution in [-0.4, -0.2) is 57.3 Å². The predicted octanol–water partition coefficient (Wildman–Crippen LogP) is 1.50. The van der Waals surface area contributed by atoms with Crippen LogP contribution in [0.25, 0.3) is 5.65 Å². The zero-order valence-corrected chi connectivity index (χ0v) is 14.7. The Morgan fingerprint density at radius 3 is 2.80 bits per heavy atom. The van der Waals surface area contributed by atoms with Crippen LogP contribution in [0.1, 0.15) is 31.4 Å². The maximum Gasteiger partial charge on any atom is 0.225 e. The molecule has 1 saturated heterocycles. The normalized spacial score (nSPS) is 25.4. The molecule has 25 heavy (non-hydrogen) atoms. The van der Waals surface area contributed by atoms with E-state index in [1.807, 2.05) is 29.3 Å². The number of imidazole rings is 1. The van der Waals surface area contributed by atoms with Gasteiger partial charge in [0.1, 0.15) is 5.65 Å². The van der Waals surface area contributed by atoms with Gasteiger partial charge in [0.2, 0.25) is 5.91 Å². The Morgan fingerprint density at radius 1 is 1.20 bits per heavy atom. The average Bonchev–Trinajstić information content (AvgIpc) is 3.04. The van der Waals surface area contributed by atoms with Gasteiger partial charge in [0.25, 0.3) is 0 Å². The van der Waals surface area contributed by atoms with Gasteiger partial charge in [0.05, 0.1) is 5.69 Å². The second kappa shape index (κ2) is 7.14. The van der Waals surface area contributed by atoms with Crippen LogP contribution >= 0.6 is 0 Å². The van der Waals surface area contributed by atoms with Crippen LogP contribution in [0.3, 0.4) is 0 Å². The van der Waals surface area contributed by atoms with E-state index in [1.54, 1.807) is 0 Å². The molecule has 3 heterocycles. The molecule has 1 amide bonds. The van der Waals surface area contributed by atoms with Crippen LogP contribution in [0.2, 0.25) is 0 Å². The molecule has 134 valence electrons. The second-order valence-electron chi connectivity index (χ2n) is 7.42. The number of pyridine rings is 1. The molecule has 2 aliphatic rings. The zero-order valence-electron chi connectivity index (χ0n) is 14.7. The molecule has 1 aliphatic carbocycles. The minimum absolute atomic E-state index is 0.147. The highest BCUT2D eigenvalue weighted by Crippen LogP contribution is 2.25. The molecule has 0 unspecified atom stereocenters. The van der Waals surface area contributed by atoms with E-state index >= 15 is 0 Å². The topological polar surface area (TPSA) is 66.9 Å². The van der Waals surface area contributed by atoms with Crippen molar-refractivity contribution in [2.45, 2.75) is 38.3 Å². The molecular formula is C19H27N5O. The summed E-state index contributed by atoms with van der Waals surface area (Å²) >= 11 is 0. The van der Waals surface area contributed by atoms with Gasteiger partial charge in [0, 0.05) is 57.1 Å². The molecule has 1 aliphatic heterocycles. The monoisotopic (exact) mass is 341 g/mol. The van der Waals surface area contributed by atoms with Crippen LogP contribution < -0.4 is 5.73 Å². The molecule has 0 spiro atoms. The summed E-state index contributed by atoms with van der Waals surface area (Å²) in [6, 6.07) is 6.25. The molecule has 6 heteroatoms. The Morgan fingerprint density at radius 2 is 2.04 bits per heavy atom. The number of amides is 1. The predicted molar refractivity (Wildman–Crippen MR) is 97.0 cm³/mol. The quantitative estimate of drug-likeness (QED) is 0.919. The summed E-state index contributed by atoms with van der Waals surface area (Å²) in [6.45, 7) is 4.31. The lowest BCUT2D eigenvalue weighted by atomic mass is 9.85. The average molecular weight is 341 g/mol. The molecule has 0 radical (unpaired) electrons. The van der Waals surface area contributed by atoms with Crippen molar-refractivity contribution in [2.24, 2.45) is 11.7 Å². The van der Waals surface area contributed by atoms with Gasteiger partial charge in [-0.05, 0) is 31.4 Å². The van der Waals surface area contributed by atoms with Gasteiger partial charge in [-0.25, -0.2) is 4.98 Å². The molecule has 6 nitrogen and oxygen atoms in total. The highest BCUT2D eigenvalue weighted by molar-refractivity contribution is 5.79. The molecule has 2 atom stereocenters. The number of rotatable bonds is 3.